The monoisotopic (exact) mass is 406 g/mol. The number of allylic oxidation sites excluding steroid dienone is 2. The van der Waals surface area contributed by atoms with Gasteiger partial charge < -0.3 is 4.74 Å². The zero-order valence-electron chi connectivity index (χ0n) is 19.7. The Hall–Kier alpha value is -0.870. The van der Waals surface area contributed by atoms with Gasteiger partial charge in [0.2, 0.25) is 0 Å². The highest BCUT2D eigenvalue weighted by atomic mass is 17.2. The third kappa shape index (κ3) is 4.44. The molecule has 0 radical (unpaired) electrons. The first-order valence-corrected chi connectivity index (χ1v) is 11.6. The second kappa shape index (κ2) is 8.34. The molecule has 3 rings (SSSR count). The molecule has 2 fully saturated rings. The van der Waals surface area contributed by atoms with E-state index < -0.39 is 0 Å². The predicted molar refractivity (Wildman–Crippen MR) is 115 cm³/mol. The van der Waals surface area contributed by atoms with E-state index in [0.717, 1.165) is 31.6 Å². The lowest BCUT2D eigenvalue weighted by atomic mass is 9.48. The molecule has 1 saturated carbocycles. The standard InChI is InChI=1S/C25H42O4/c1-17-9-10-21-23(3,4)13-8-14-25(21,6)19(17)11-15-24(5)16-12-20(28-29-24)18(2)22(26)27-7/h9,18-21H,8,10-16H2,1-7H3/t18-,19-,20-,21-,24+,25+/m0/s1. The van der Waals surface area contributed by atoms with Gasteiger partial charge in [-0.25, -0.2) is 9.78 Å². The molecule has 1 aliphatic heterocycles. The van der Waals surface area contributed by atoms with Gasteiger partial charge in [-0.2, -0.15) is 0 Å². The average Bonchev–Trinajstić information content (AvgIpc) is 2.66. The van der Waals surface area contributed by atoms with E-state index in [1.807, 2.05) is 6.92 Å². The van der Waals surface area contributed by atoms with Gasteiger partial charge >= 0.3 is 5.97 Å². The number of hydrogen-bond acceptors (Lipinski definition) is 4. The van der Waals surface area contributed by atoms with E-state index in [2.05, 4.69) is 40.7 Å². The van der Waals surface area contributed by atoms with E-state index in [9.17, 15) is 4.79 Å². The molecule has 3 aliphatic rings. The fourth-order valence-electron chi connectivity index (χ4n) is 6.70. The second-order valence-electron chi connectivity index (χ2n) is 11.2. The molecule has 29 heavy (non-hydrogen) atoms. The van der Waals surface area contributed by atoms with Crippen LogP contribution < -0.4 is 0 Å². The van der Waals surface area contributed by atoms with Gasteiger partial charge in [-0.3, -0.25) is 4.79 Å². The summed E-state index contributed by atoms with van der Waals surface area (Å²) in [5.74, 6) is 0.855. The lowest BCUT2D eigenvalue weighted by molar-refractivity contribution is -0.411. The van der Waals surface area contributed by atoms with E-state index in [1.54, 1.807) is 5.57 Å². The first-order valence-electron chi connectivity index (χ1n) is 11.6. The van der Waals surface area contributed by atoms with Gasteiger partial charge in [0.1, 0.15) is 11.7 Å². The van der Waals surface area contributed by atoms with Crippen molar-refractivity contribution in [2.45, 2.75) is 105 Å². The van der Waals surface area contributed by atoms with Crippen molar-refractivity contribution in [3.05, 3.63) is 11.6 Å². The van der Waals surface area contributed by atoms with Crippen LogP contribution in [0, 0.1) is 28.6 Å². The highest BCUT2D eigenvalue weighted by Crippen LogP contribution is 2.60. The highest BCUT2D eigenvalue weighted by Gasteiger charge is 2.52. The fourth-order valence-corrected chi connectivity index (χ4v) is 6.70. The Morgan fingerprint density at radius 3 is 2.59 bits per heavy atom. The van der Waals surface area contributed by atoms with Crippen LogP contribution in [-0.4, -0.2) is 24.8 Å². The van der Waals surface area contributed by atoms with Crippen LogP contribution in [0.2, 0.25) is 0 Å². The Morgan fingerprint density at radius 2 is 1.97 bits per heavy atom. The predicted octanol–water partition coefficient (Wildman–Crippen LogP) is 6.24. The molecule has 0 amide bonds. The van der Waals surface area contributed by atoms with Crippen LogP contribution in [0.1, 0.15) is 92.9 Å². The Morgan fingerprint density at radius 1 is 1.24 bits per heavy atom. The van der Waals surface area contributed by atoms with Crippen molar-refractivity contribution in [1.82, 2.24) is 0 Å². The summed E-state index contributed by atoms with van der Waals surface area (Å²) in [5, 5.41) is 0. The van der Waals surface area contributed by atoms with Crippen LogP contribution in [0.15, 0.2) is 11.6 Å². The molecule has 1 saturated heterocycles. The SMILES string of the molecule is COC(=O)[C@@H](C)[C@@H]1CC[C@@](C)(CC[C@H]2C(C)=CC[C@H]3C(C)(C)CCC[C@]23C)OO1. The summed E-state index contributed by atoms with van der Waals surface area (Å²) in [4.78, 5) is 23.4. The number of carbonyl (C=O) groups is 1. The van der Waals surface area contributed by atoms with Crippen molar-refractivity contribution in [3.63, 3.8) is 0 Å². The number of rotatable bonds is 5. The van der Waals surface area contributed by atoms with Crippen molar-refractivity contribution >= 4 is 5.97 Å². The summed E-state index contributed by atoms with van der Waals surface area (Å²) < 4.78 is 4.85. The number of methoxy groups -OCH3 is 1. The van der Waals surface area contributed by atoms with E-state index in [0.29, 0.717) is 16.7 Å². The Kier molecular flexibility index (Phi) is 6.56. The molecule has 0 aromatic rings. The molecule has 166 valence electrons. The highest BCUT2D eigenvalue weighted by molar-refractivity contribution is 5.72. The summed E-state index contributed by atoms with van der Waals surface area (Å²) in [6.45, 7) is 13.9. The molecule has 2 aliphatic carbocycles. The van der Waals surface area contributed by atoms with Crippen LogP contribution in [0.25, 0.3) is 0 Å². The van der Waals surface area contributed by atoms with Gasteiger partial charge in [0.25, 0.3) is 0 Å². The third-order valence-corrected chi connectivity index (χ3v) is 8.72. The second-order valence-corrected chi connectivity index (χ2v) is 11.2. The molecule has 0 N–H and O–H groups in total. The number of fused-ring (bicyclic) bond motifs is 1. The normalized spacial score (nSPS) is 40.5. The lowest BCUT2D eigenvalue weighted by Gasteiger charge is -2.57. The summed E-state index contributed by atoms with van der Waals surface area (Å²) in [6.07, 6.45) is 11.4. The van der Waals surface area contributed by atoms with E-state index in [-0.39, 0.29) is 23.6 Å². The van der Waals surface area contributed by atoms with Crippen molar-refractivity contribution in [1.29, 1.82) is 0 Å². The quantitative estimate of drug-likeness (QED) is 0.308. The minimum absolute atomic E-state index is 0.215. The topological polar surface area (TPSA) is 44.8 Å². The largest absolute Gasteiger partial charge is 0.469 e. The maximum atomic E-state index is 11.8. The van der Waals surface area contributed by atoms with Crippen molar-refractivity contribution in [2.75, 3.05) is 7.11 Å². The molecule has 0 aromatic heterocycles. The van der Waals surface area contributed by atoms with Gasteiger partial charge in [-0.05, 0) is 88.4 Å². The van der Waals surface area contributed by atoms with Crippen molar-refractivity contribution in [2.24, 2.45) is 28.6 Å². The molecule has 0 unspecified atom stereocenters. The minimum Gasteiger partial charge on any atom is -0.469 e. The summed E-state index contributed by atoms with van der Waals surface area (Å²) in [5.41, 5.74) is 2.10. The first kappa shape index (κ1) is 22.8. The van der Waals surface area contributed by atoms with Crippen LogP contribution in [-0.2, 0) is 19.3 Å². The van der Waals surface area contributed by atoms with Gasteiger partial charge in [0.15, 0.2) is 0 Å². The van der Waals surface area contributed by atoms with Gasteiger partial charge in [-0.1, -0.05) is 38.8 Å². The molecule has 4 nitrogen and oxygen atoms in total. The number of carbonyl (C=O) groups excluding carboxylic acids is 1. The summed E-state index contributed by atoms with van der Waals surface area (Å²) in [7, 11) is 1.42. The van der Waals surface area contributed by atoms with Gasteiger partial charge in [0, 0.05) is 0 Å². The maximum Gasteiger partial charge on any atom is 0.311 e. The van der Waals surface area contributed by atoms with E-state index in [4.69, 9.17) is 14.5 Å². The van der Waals surface area contributed by atoms with E-state index >= 15 is 0 Å². The third-order valence-electron chi connectivity index (χ3n) is 8.72. The molecule has 0 bridgehead atoms. The average molecular weight is 407 g/mol. The smallest absolute Gasteiger partial charge is 0.311 e. The number of ether oxygens (including phenoxy) is 1. The molecule has 1 heterocycles. The first-order chi connectivity index (χ1) is 13.5. The molecule has 6 atom stereocenters. The Bertz CT molecular complexity index is 629. The number of esters is 1. The van der Waals surface area contributed by atoms with Gasteiger partial charge in [0.05, 0.1) is 13.0 Å². The van der Waals surface area contributed by atoms with Crippen LogP contribution in [0.3, 0.4) is 0 Å². The number of hydrogen-bond donors (Lipinski definition) is 0. The van der Waals surface area contributed by atoms with Crippen LogP contribution in [0.5, 0.6) is 0 Å². The molecule has 0 aromatic carbocycles. The maximum absolute atomic E-state index is 11.8. The van der Waals surface area contributed by atoms with E-state index in [1.165, 1.54) is 32.8 Å². The van der Waals surface area contributed by atoms with Crippen LogP contribution >= 0.6 is 0 Å². The van der Waals surface area contributed by atoms with Crippen molar-refractivity contribution < 1.29 is 19.3 Å². The Balaban J connectivity index is 1.64. The lowest BCUT2D eigenvalue weighted by Crippen LogP contribution is -2.49. The summed E-state index contributed by atoms with van der Waals surface area (Å²) >= 11 is 0. The Labute approximate surface area is 177 Å². The molecular formula is C25H42O4. The minimum atomic E-state index is -0.294. The zero-order chi connectivity index (χ0) is 21.4. The van der Waals surface area contributed by atoms with Crippen LogP contribution in [0.4, 0.5) is 0 Å². The summed E-state index contributed by atoms with van der Waals surface area (Å²) in [6, 6.07) is 0. The molecule has 4 heteroatoms. The molecular weight excluding hydrogens is 364 g/mol. The zero-order valence-corrected chi connectivity index (χ0v) is 19.7. The van der Waals surface area contributed by atoms with Crippen molar-refractivity contribution in [3.8, 4) is 0 Å². The molecule has 0 spiro atoms. The van der Waals surface area contributed by atoms with Gasteiger partial charge in [-0.15, -0.1) is 0 Å². The fraction of sp³-hybridized carbons (Fsp3) is 0.880.